The second kappa shape index (κ2) is 7.19. The van der Waals surface area contributed by atoms with Gasteiger partial charge in [0.2, 0.25) is 0 Å². The number of halogens is 2. The van der Waals surface area contributed by atoms with Crippen LogP contribution in [0.1, 0.15) is 11.5 Å². The van der Waals surface area contributed by atoms with Crippen molar-refractivity contribution >= 4 is 18.0 Å². The highest BCUT2D eigenvalue weighted by atomic mass is 32.2. The lowest BCUT2D eigenvalue weighted by Gasteiger charge is -1.99. The molecule has 3 rings (SSSR count). The van der Waals surface area contributed by atoms with E-state index in [1.807, 2.05) is 30.3 Å². The van der Waals surface area contributed by atoms with Crippen LogP contribution < -0.4 is 0 Å². The summed E-state index contributed by atoms with van der Waals surface area (Å²) >= 11 is 0.516. The number of rotatable bonds is 6. The quantitative estimate of drug-likeness (QED) is 0.642. The first kappa shape index (κ1) is 15.4. The lowest BCUT2D eigenvalue weighted by Crippen LogP contribution is -1.92. The number of benzene rings is 1. The molecule has 0 fully saturated rings. The molecule has 0 bridgehead atoms. The van der Waals surface area contributed by atoms with Crippen LogP contribution in [0.2, 0.25) is 0 Å². The lowest BCUT2D eigenvalue weighted by atomic mass is 10.2. The van der Waals surface area contributed by atoms with Crippen molar-refractivity contribution in [3.8, 4) is 11.4 Å². The van der Waals surface area contributed by atoms with Crippen molar-refractivity contribution in [3.63, 3.8) is 0 Å². The second-order valence-electron chi connectivity index (χ2n) is 4.49. The fourth-order valence-electron chi connectivity index (χ4n) is 1.90. The summed E-state index contributed by atoms with van der Waals surface area (Å²) in [6.45, 7) is 0. The molecule has 0 aliphatic heterocycles. The van der Waals surface area contributed by atoms with E-state index in [1.54, 1.807) is 12.1 Å². The zero-order valence-corrected chi connectivity index (χ0v) is 12.7. The maximum absolute atomic E-state index is 12.1. The Hall–Kier alpha value is -2.48. The van der Waals surface area contributed by atoms with Crippen LogP contribution in [0.15, 0.2) is 58.3 Å². The molecule has 0 amide bonds. The van der Waals surface area contributed by atoms with Crippen LogP contribution in [0, 0.1) is 0 Å². The van der Waals surface area contributed by atoms with Crippen LogP contribution >= 0.6 is 11.8 Å². The molecule has 2 heterocycles. The Bertz CT molecular complexity index is 786. The monoisotopic (exact) mass is 334 g/mol. The second-order valence-corrected chi connectivity index (χ2v) is 5.46. The van der Waals surface area contributed by atoms with Gasteiger partial charge in [0, 0.05) is 5.56 Å². The van der Waals surface area contributed by atoms with Crippen molar-refractivity contribution in [1.29, 1.82) is 0 Å². The molecule has 0 atom stereocenters. The van der Waals surface area contributed by atoms with Gasteiger partial charge in [-0.25, -0.2) is 0 Å². The van der Waals surface area contributed by atoms with Crippen molar-refractivity contribution in [2.45, 2.75) is 11.5 Å². The lowest BCUT2D eigenvalue weighted by molar-refractivity contribution is 0.251. The zero-order valence-electron chi connectivity index (χ0n) is 11.8. The van der Waals surface area contributed by atoms with Gasteiger partial charge in [0.05, 0.1) is 12.0 Å². The highest BCUT2D eigenvalue weighted by molar-refractivity contribution is 7.98. The van der Waals surface area contributed by atoms with Crippen molar-refractivity contribution in [2.24, 2.45) is 5.10 Å². The molecule has 118 valence electrons. The number of furan rings is 1. The van der Waals surface area contributed by atoms with Crippen LogP contribution in [-0.4, -0.2) is 26.8 Å². The normalized spacial score (nSPS) is 11.6. The Kier molecular flexibility index (Phi) is 4.82. The van der Waals surface area contributed by atoms with Gasteiger partial charge in [0.25, 0.3) is 5.76 Å². The van der Waals surface area contributed by atoms with Crippen LogP contribution in [-0.2, 0) is 5.75 Å². The molecule has 0 unspecified atom stereocenters. The molecule has 0 spiro atoms. The van der Waals surface area contributed by atoms with Crippen molar-refractivity contribution in [3.05, 3.63) is 60.3 Å². The Balaban J connectivity index is 1.73. The van der Waals surface area contributed by atoms with E-state index in [4.69, 9.17) is 4.42 Å². The van der Waals surface area contributed by atoms with Gasteiger partial charge in [-0.2, -0.15) is 18.6 Å². The maximum atomic E-state index is 12.1. The molecule has 0 aliphatic rings. The fraction of sp³-hybridized carbons (Fsp3) is 0.133. The molecule has 8 heteroatoms. The molecule has 1 aromatic carbocycles. The van der Waals surface area contributed by atoms with Crippen LogP contribution in [0.25, 0.3) is 11.4 Å². The first-order valence-corrected chi connectivity index (χ1v) is 7.75. The predicted molar refractivity (Wildman–Crippen MR) is 84.5 cm³/mol. The Morgan fingerprint density at radius 2 is 2.04 bits per heavy atom. The minimum atomic E-state index is -2.41. The van der Waals surface area contributed by atoms with Crippen LogP contribution in [0.4, 0.5) is 8.78 Å². The van der Waals surface area contributed by atoms with Crippen molar-refractivity contribution < 1.29 is 13.2 Å². The van der Waals surface area contributed by atoms with Gasteiger partial charge < -0.3 is 4.42 Å². The fourth-order valence-corrected chi connectivity index (χ4v) is 2.34. The molecule has 23 heavy (non-hydrogen) atoms. The summed E-state index contributed by atoms with van der Waals surface area (Å²) in [7, 11) is 0. The van der Waals surface area contributed by atoms with Gasteiger partial charge in [-0.1, -0.05) is 42.1 Å². The van der Waals surface area contributed by atoms with Crippen molar-refractivity contribution in [1.82, 2.24) is 14.9 Å². The summed E-state index contributed by atoms with van der Waals surface area (Å²) in [5.41, 5.74) is 0.885. The third-order valence-corrected chi connectivity index (χ3v) is 3.61. The number of hydrogen-bond acceptors (Lipinski definition) is 5. The number of alkyl halides is 2. The molecule has 0 saturated heterocycles. The summed E-state index contributed by atoms with van der Waals surface area (Å²) in [4.78, 5) is 0. The number of nitrogens with zero attached hydrogens (tertiary/aromatic N) is 4. The van der Waals surface area contributed by atoms with Gasteiger partial charge in [0.15, 0.2) is 5.82 Å². The van der Waals surface area contributed by atoms with E-state index in [-0.39, 0.29) is 5.75 Å². The van der Waals surface area contributed by atoms with E-state index in [0.717, 1.165) is 5.56 Å². The number of thioether (sulfide) groups is 1. The minimum Gasteiger partial charge on any atom is -0.459 e. The van der Waals surface area contributed by atoms with E-state index < -0.39 is 5.76 Å². The Labute approximate surface area is 135 Å². The van der Waals surface area contributed by atoms with Gasteiger partial charge in [-0.3, -0.25) is 0 Å². The molecular weight excluding hydrogens is 322 g/mol. The zero-order chi connectivity index (χ0) is 16.1. The van der Waals surface area contributed by atoms with E-state index in [2.05, 4.69) is 15.3 Å². The standard InChI is InChI=1S/C15H12F2N4OS/c16-15(17)23-9-13-7-6-12(22-13)8-19-21-10-18-20-14(21)11-4-2-1-3-5-11/h1-8,10,15H,9H2/b19-8-. The summed E-state index contributed by atoms with van der Waals surface area (Å²) in [6.07, 6.45) is 2.97. The minimum absolute atomic E-state index is 0.118. The predicted octanol–water partition coefficient (Wildman–Crippen LogP) is 3.88. The van der Waals surface area contributed by atoms with Crippen LogP contribution in [0.3, 0.4) is 0 Å². The highest BCUT2D eigenvalue weighted by Gasteiger charge is 2.08. The van der Waals surface area contributed by atoms with E-state index in [9.17, 15) is 8.78 Å². The van der Waals surface area contributed by atoms with Crippen LogP contribution in [0.5, 0.6) is 0 Å². The molecule has 2 aromatic heterocycles. The highest BCUT2D eigenvalue weighted by Crippen LogP contribution is 2.21. The number of hydrogen-bond donors (Lipinski definition) is 0. The smallest absolute Gasteiger partial charge is 0.284 e. The summed E-state index contributed by atoms with van der Waals surface area (Å²) < 4.78 is 31.2. The topological polar surface area (TPSA) is 56.2 Å². The number of aromatic nitrogens is 3. The first-order valence-electron chi connectivity index (χ1n) is 6.70. The summed E-state index contributed by atoms with van der Waals surface area (Å²) in [5.74, 6) is -0.746. The molecule has 0 N–H and O–H groups in total. The molecule has 0 radical (unpaired) electrons. The van der Waals surface area contributed by atoms with E-state index >= 15 is 0 Å². The molecule has 0 saturated carbocycles. The third-order valence-electron chi connectivity index (χ3n) is 2.91. The first-order chi connectivity index (χ1) is 11.2. The average Bonchev–Trinajstić information content (AvgIpc) is 3.21. The molecular formula is C15H12F2N4OS. The molecule has 5 nitrogen and oxygen atoms in total. The summed E-state index contributed by atoms with van der Waals surface area (Å²) in [5, 5.41) is 12.1. The third kappa shape index (κ3) is 4.04. The maximum Gasteiger partial charge on any atom is 0.284 e. The van der Waals surface area contributed by atoms with E-state index in [1.165, 1.54) is 17.2 Å². The SMILES string of the molecule is FC(F)SCc1ccc(/C=N\n2cnnc2-c2ccccc2)o1. The molecule has 3 aromatic rings. The Morgan fingerprint density at radius 1 is 1.22 bits per heavy atom. The molecule has 0 aliphatic carbocycles. The van der Waals surface area contributed by atoms with Gasteiger partial charge in [-0.15, -0.1) is 10.2 Å². The van der Waals surface area contributed by atoms with E-state index in [0.29, 0.717) is 29.1 Å². The average molecular weight is 334 g/mol. The Morgan fingerprint density at radius 3 is 2.83 bits per heavy atom. The van der Waals surface area contributed by atoms with Crippen molar-refractivity contribution in [2.75, 3.05) is 0 Å². The largest absolute Gasteiger partial charge is 0.459 e. The van der Waals surface area contributed by atoms with Gasteiger partial charge >= 0.3 is 0 Å². The van der Waals surface area contributed by atoms with Gasteiger partial charge in [0.1, 0.15) is 17.8 Å². The van der Waals surface area contributed by atoms with Gasteiger partial charge in [-0.05, 0) is 12.1 Å². The summed E-state index contributed by atoms with van der Waals surface area (Å²) in [6, 6.07) is 12.9.